The minimum atomic E-state index is -0.544. The van der Waals surface area contributed by atoms with Gasteiger partial charge in [0.2, 0.25) is 0 Å². The number of hydrogen-bond acceptors (Lipinski definition) is 3. The molecule has 0 aliphatic heterocycles. The predicted molar refractivity (Wildman–Crippen MR) is 88.6 cm³/mol. The summed E-state index contributed by atoms with van der Waals surface area (Å²) in [5, 5.41) is 0.415. The number of carbonyl (C=O) groups excluding carboxylic acids is 1. The lowest BCUT2D eigenvalue weighted by atomic mass is 10.2. The first-order valence-corrected chi connectivity index (χ1v) is 7.68. The Morgan fingerprint density at radius 2 is 1.77 bits per heavy atom. The Labute approximate surface area is 143 Å². The molecule has 0 bridgehead atoms. The van der Waals surface area contributed by atoms with Gasteiger partial charge in [-0.15, -0.1) is 0 Å². The van der Waals surface area contributed by atoms with E-state index < -0.39 is 5.24 Å². The first-order valence-electron chi connectivity index (χ1n) is 6.54. The van der Waals surface area contributed by atoms with Crippen molar-refractivity contribution in [1.82, 2.24) is 0 Å². The summed E-state index contributed by atoms with van der Waals surface area (Å²) < 4.78 is 11.2. The van der Waals surface area contributed by atoms with Gasteiger partial charge in [-0.3, -0.25) is 4.79 Å². The Morgan fingerprint density at radius 1 is 1.00 bits per heavy atom. The zero-order chi connectivity index (χ0) is 16.1. The molecule has 0 aliphatic rings. The Bertz CT molecular complexity index is 686. The molecule has 0 radical (unpaired) electrons. The van der Waals surface area contributed by atoms with Crippen LogP contribution in [-0.4, -0.2) is 11.8 Å². The highest BCUT2D eigenvalue weighted by Gasteiger charge is 2.10. The van der Waals surface area contributed by atoms with Crippen LogP contribution in [0.5, 0.6) is 11.5 Å². The van der Waals surface area contributed by atoms with Gasteiger partial charge in [0.25, 0.3) is 5.24 Å². The van der Waals surface area contributed by atoms with E-state index in [1.165, 1.54) is 0 Å². The minimum absolute atomic E-state index is 0.297. The average molecular weight is 360 g/mol. The highest BCUT2D eigenvalue weighted by Crippen LogP contribution is 2.30. The van der Waals surface area contributed by atoms with E-state index in [4.69, 9.17) is 44.3 Å². The number of ether oxygens (including phenoxy) is 2. The van der Waals surface area contributed by atoms with Gasteiger partial charge in [0, 0.05) is 5.56 Å². The van der Waals surface area contributed by atoms with Crippen LogP contribution in [0.25, 0.3) is 0 Å². The van der Waals surface area contributed by atoms with E-state index in [9.17, 15) is 4.79 Å². The molecule has 3 nitrogen and oxygen atoms in total. The monoisotopic (exact) mass is 358 g/mol. The maximum absolute atomic E-state index is 11.2. The lowest BCUT2D eigenvalue weighted by molar-refractivity contribution is 0.108. The molecule has 0 aromatic heterocycles. The molecule has 0 fully saturated rings. The molecular weight excluding hydrogens is 347 g/mol. The fourth-order valence-electron chi connectivity index (χ4n) is 1.81. The average Bonchev–Trinajstić information content (AvgIpc) is 2.49. The lowest BCUT2D eigenvalue weighted by Crippen LogP contribution is -2.01. The summed E-state index contributed by atoms with van der Waals surface area (Å²) in [6.07, 6.45) is 0. The molecule has 0 spiro atoms. The van der Waals surface area contributed by atoms with Crippen molar-refractivity contribution in [3.63, 3.8) is 0 Å². The van der Waals surface area contributed by atoms with Crippen molar-refractivity contribution in [1.29, 1.82) is 0 Å². The first-order chi connectivity index (χ1) is 10.5. The van der Waals surface area contributed by atoms with Crippen LogP contribution in [0.3, 0.4) is 0 Å². The minimum Gasteiger partial charge on any atom is -0.490 e. The molecule has 0 amide bonds. The molecule has 2 rings (SSSR count). The largest absolute Gasteiger partial charge is 0.490 e. The van der Waals surface area contributed by atoms with Crippen LogP contribution in [0.15, 0.2) is 36.4 Å². The van der Waals surface area contributed by atoms with Crippen LogP contribution in [0.1, 0.15) is 22.8 Å². The van der Waals surface area contributed by atoms with Gasteiger partial charge >= 0.3 is 0 Å². The molecule has 6 heteroatoms. The molecule has 0 unspecified atom stereocenters. The van der Waals surface area contributed by atoms with E-state index in [1.807, 2.05) is 13.0 Å². The van der Waals surface area contributed by atoms with Crippen LogP contribution in [-0.2, 0) is 6.61 Å². The van der Waals surface area contributed by atoms with Gasteiger partial charge in [-0.05, 0) is 54.4 Å². The molecule has 0 saturated heterocycles. The van der Waals surface area contributed by atoms with E-state index in [-0.39, 0.29) is 0 Å². The summed E-state index contributed by atoms with van der Waals surface area (Å²) in [5.74, 6) is 0.989. The highest BCUT2D eigenvalue weighted by molar-refractivity contribution is 6.67. The topological polar surface area (TPSA) is 35.5 Å². The summed E-state index contributed by atoms with van der Waals surface area (Å²) in [7, 11) is 0. The van der Waals surface area contributed by atoms with Crippen molar-refractivity contribution < 1.29 is 14.3 Å². The maximum atomic E-state index is 11.2. The van der Waals surface area contributed by atoms with Crippen molar-refractivity contribution in [2.75, 3.05) is 6.61 Å². The number of benzene rings is 2. The summed E-state index contributed by atoms with van der Waals surface area (Å²) >= 11 is 17.3. The molecule has 0 aliphatic carbocycles. The van der Waals surface area contributed by atoms with Gasteiger partial charge < -0.3 is 9.47 Å². The summed E-state index contributed by atoms with van der Waals surface area (Å²) in [5.41, 5.74) is 1.22. The van der Waals surface area contributed by atoms with Crippen molar-refractivity contribution in [3.05, 3.63) is 57.6 Å². The first kappa shape index (κ1) is 16.9. The van der Waals surface area contributed by atoms with Crippen LogP contribution in [0.2, 0.25) is 10.0 Å². The molecular formula is C16H13Cl3O3. The van der Waals surface area contributed by atoms with Gasteiger partial charge in [-0.25, -0.2) is 0 Å². The van der Waals surface area contributed by atoms with Crippen LogP contribution in [0, 0.1) is 0 Å². The molecule has 0 atom stereocenters. The number of carbonyl (C=O) groups is 1. The van der Waals surface area contributed by atoms with Crippen LogP contribution < -0.4 is 9.47 Å². The summed E-state index contributed by atoms with van der Waals surface area (Å²) in [4.78, 5) is 11.2. The zero-order valence-electron chi connectivity index (χ0n) is 11.7. The second-order valence-electron chi connectivity index (χ2n) is 4.41. The lowest BCUT2D eigenvalue weighted by Gasteiger charge is -2.13. The smallest absolute Gasteiger partial charge is 0.252 e. The molecule has 2 aromatic carbocycles. The van der Waals surface area contributed by atoms with Crippen molar-refractivity contribution >= 4 is 40.0 Å². The van der Waals surface area contributed by atoms with Crippen molar-refractivity contribution in [2.24, 2.45) is 0 Å². The van der Waals surface area contributed by atoms with Crippen LogP contribution >= 0.6 is 34.8 Å². The Kier molecular flexibility index (Phi) is 5.95. The quantitative estimate of drug-likeness (QED) is 0.652. The van der Waals surface area contributed by atoms with E-state index in [2.05, 4.69) is 0 Å². The normalized spacial score (nSPS) is 10.4. The summed E-state index contributed by atoms with van der Waals surface area (Å²) in [6.45, 7) is 2.59. The Morgan fingerprint density at radius 3 is 2.41 bits per heavy atom. The van der Waals surface area contributed by atoms with Gasteiger partial charge in [0.1, 0.15) is 6.61 Å². The second-order valence-corrected chi connectivity index (χ2v) is 5.56. The van der Waals surface area contributed by atoms with E-state index in [1.54, 1.807) is 30.3 Å². The second kappa shape index (κ2) is 7.73. The van der Waals surface area contributed by atoms with E-state index in [0.717, 1.165) is 5.56 Å². The summed E-state index contributed by atoms with van der Waals surface area (Å²) in [6, 6.07) is 10.1. The molecule has 0 N–H and O–H groups in total. The Hall–Kier alpha value is -1.42. The Balaban J connectivity index is 2.17. The predicted octanol–water partition coefficient (Wildman–Crippen LogP) is 5.35. The molecule has 2 aromatic rings. The van der Waals surface area contributed by atoms with Gasteiger partial charge in [-0.1, -0.05) is 29.3 Å². The molecule has 22 heavy (non-hydrogen) atoms. The SMILES string of the molecule is CCOc1cc(C(=O)Cl)ccc1OCc1ccc(Cl)c(Cl)c1. The highest BCUT2D eigenvalue weighted by atomic mass is 35.5. The zero-order valence-corrected chi connectivity index (χ0v) is 14.0. The third-order valence-electron chi connectivity index (χ3n) is 2.85. The number of rotatable bonds is 6. The maximum Gasteiger partial charge on any atom is 0.252 e. The number of halogens is 3. The van der Waals surface area contributed by atoms with Crippen LogP contribution in [0.4, 0.5) is 0 Å². The molecule has 116 valence electrons. The van der Waals surface area contributed by atoms with Crippen molar-refractivity contribution in [2.45, 2.75) is 13.5 Å². The van der Waals surface area contributed by atoms with Gasteiger partial charge in [-0.2, -0.15) is 0 Å². The van der Waals surface area contributed by atoms with Crippen molar-refractivity contribution in [3.8, 4) is 11.5 Å². The fourth-order valence-corrected chi connectivity index (χ4v) is 2.25. The fraction of sp³-hybridized carbons (Fsp3) is 0.188. The standard InChI is InChI=1S/C16H13Cl3O3/c1-2-21-15-8-11(16(19)20)4-6-14(15)22-9-10-3-5-12(17)13(18)7-10/h3-8H,2,9H2,1H3. The van der Waals surface area contributed by atoms with Gasteiger partial charge in [0.05, 0.1) is 16.7 Å². The third kappa shape index (κ3) is 4.29. The number of hydrogen-bond donors (Lipinski definition) is 0. The van der Waals surface area contributed by atoms with Gasteiger partial charge in [0.15, 0.2) is 11.5 Å². The molecule has 0 saturated carbocycles. The third-order valence-corrected chi connectivity index (χ3v) is 3.81. The van der Waals surface area contributed by atoms with E-state index >= 15 is 0 Å². The van der Waals surface area contributed by atoms with E-state index in [0.29, 0.717) is 40.3 Å². The molecule has 0 heterocycles.